The lowest BCUT2D eigenvalue weighted by Gasteiger charge is -2.23. The molecule has 0 fully saturated rings. The van der Waals surface area contributed by atoms with Gasteiger partial charge in [0.25, 0.3) is 0 Å². The molecule has 0 heterocycles. The third-order valence-corrected chi connectivity index (χ3v) is 2.15. The Hall–Kier alpha value is -1.47. The van der Waals surface area contributed by atoms with Gasteiger partial charge < -0.3 is 14.8 Å². The van der Waals surface area contributed by atoms with Crippen LogP contribution in [0.25, 0.3) is 0 Å². The van der Waals surface area contributed by atoms with E-state index in [1.807, 2.05) is 12.2 Å². The van der Waals surface area contributed by atoms with Crippen molar-refractivity contribution in [3.63, 3.8) is 0 Å². The van der Waals surface area contributed by atoms with Crippen LogP contribution >= 0.6 is 0 Å². The predicted octanol–water partition coefficient (Wildman–Crippen LogP) is 3.18. The number of rotatable bonds is 6. The average molecular weight is 313 g/mol. The van der Waals surface area contributed by atoms with Crippen LogP contribution in [0, 0.1) is 0 Å². The van der Waals surface area contributed by atoms with Crippen LogP contribution in [-0.2, 0) is 14.3 Å². The van der Waals surface area contributed by atoms with Crippen LogP contribution in [0.5, 0.6) is 0 Å². The van der Waals surface area contributed by atoms with Gasteiger partial charge >= 0.3 is 18.2 Å². The Morgan fingerprint density at radius 2 is 1.76 bits per heavy atom. The van der Waals surface area contributed by atoms with Crippen molar-refractivity contribution in [3.05, 3.63) is 0 Å². The summed E-state index contributed by atoms with van der Waals surface area (Å²) in [6.07, 6.45) is -5.93. The second-order valence-electron chi connectivity index (χ2n) is 5.54. The number of carbonyl (C=O) groups excluding carboxylic acids is 2. The first-order chi connectivity index (χ1) is 9.44. The van der Waals surface area contributed by atoms with Gasteiger partial charge in [-0.15, -0.1) is 0 Å². The molecule has 1 unspecified atom stereocenters. The first-order valence-electron chi connectivity index (χ1n) is 6.67. The van der Waals surface area contributed by atoms with Gasteiger partial charge in [-0.3, -0.25) is 0 Å². The number of esters is 1. The Bertz CT molecular complexity index is 350. The second-order valence-corrected chi connectivity index (χ2v) is 5.54. The Morgan fingerprint density at radius 3 is 2.19 bits per heavy atom. The smallest absolute Gasteiger partial charge is 0.408 e. The van der Waals surface area contributed by atoms with Crippen LogP contribution < -0.4 is 5.32 Å². The fraction of sp³-hybridized carbons (Fsp3) is 0.846. The van der Waals surface area contributed by atoms with E-state index in [1.54, 1.807) is 20.8 Å². The average Bonchev–Trinajstić information content (AvgIpc) is 2.23. The summed E-state index contributed by atoms with van der Waals surface area (Å²) in [6.45, 7) is 6.54. The van der Waals surface area contributed by atoms with Gasteiger partial charge in [-0.2, -0.15) is 13.2 Å². The van der Waals surface area contributed by atoms with E-state index in [-0.39, 0.29) is 6.61 Å². The molecule has 5 nitrogen and oxygen atoms in total. The molecule has 0 bridgehead atoms. The van der Waals surface area contributed by atoms with Crippen LogP contribution in [0.3, 0.4) is 0 Å². The van der Waals surface area contributed by atoms with Gasteiger partial charge in [-0.05, 0) is 27.2 Å². The van der Waals surface area contributed by atoms with Gasteiger partial charge in [0.05, 0.1) is 13.0 Å². The van der Waals surface area contributed by atoms with E-state index < -0.39 is 36.3 Å². The molecule has 0 aliphatic heterocycles. The monoisotopic (exact) mass is 313 g/mol. The van der Waals surface area contributed by atoms with Gasteiger partial charge in [-0.25, -0.2) is 9.59 Å². The Morgan fingerprint density at radius 1 is 1.19 bits per heavy atom. The molecular weight excluding hydrogens is 291 g/mol. The summed E-state index contributed by atoms with van der Waals surface area (Å²) in [6, 6.07) is -1.81. The summed E-state index contributed by atoms with van der Waals surface area (Å²) < 4.78 is 46.9. The molecule has 1 atom stereocenters. The van der Waals surface area contributed by atoms with Gasteiger partial charge in [0.2, 0.25) is 0 Å². The van der Waals surface area contributed by atoms with Crippen LogP contribution in [-0.4, -0.2) is 36.5 Å². The van der Waals surface area contributed by atoms with Crippen LogP contribution in [0.2, 0.25) is 0 Å². The number of alkyl halides is 3. The molecule has 0 spiro atoms. The molecule has 1 N–H and O–H groups in total. The third kappa shape index (κ3) is 10.9. The molecule has 0 aliphatic carbocycles. The van der Waals surface area contributed by atoms with E-state index in [0.29, 0.717) is 6.42 Å². The SMILES string of the molecule is CCCCOC(=O)C(CC(F)(F)F)NC(=O)OC(C)(C)C. The quantitative estimate of drug-likeness (QED) is 0.604. The molecule has 124 valence electrons. The molecular formula is C13H22F3NO4. The minimum atomic E-state index is -4.61. The lowest BCUT2D eigenvalue weighted by Crippen LogP contribution is -2.46. The van der Waals surface area contributed by atoms with E-state index in [2.05, 4.69) is 0 Å². The van der Waals surface area contributed by atoms with E-state index in [4.69, 9.17) is 9.47 Å². The number of hydrogen-bond acceptors (Lipinski definition) is 4. The Labute approximate surface area is 122 Å². The fourth-order valence-corrected chi connectivity index (χ4v) is 1.29. The van der Waals surface area contributed by atoms with Crippen molar-refractivity contribution in [1.82, 2.24) is 5.32 Å². The zero-order valence-corrected chi connectivity index (χ0v) is 12.7. The van der Waals surface area contributed by atoms with Crippen molar-refractivity contribution in [2.45, 2.75) is 64.8 Å². The van der Waals surface area contributed by atoms with E-state index >= 15 is 0 Å². The molecule has 0 saturated heterocycles. The van der Waals surface area contributed by atoms with E-state index in [1.165, 1.54) is 0 Å². The van der Waals surface area contributed by atoms with Crippen LogP contribution in [0.15, 0.2) is 0 Å². The number of ether oxygens (including phenoxy) is 2. The molecule has 0 aromatic rings. The van der Waals surface area contributed by atoms with Gasteiger partial charge in [0, 0.05) is 0 Å². The molecule has 0 aromatic carbocycles. The first-order valence-corrected chi connectivity index (χ1v) is 6.67. The minimum absolute atomic E-state index is 0.0136. The first kappa shape index (κ1) is 19.5. The van der Waals surface area contributed by atoms with Gasteiger partial charge in [0.1, 0.15) is 11.6 Å². The molecule has 0 rings (SSSR count). The summed E-state index contributed by atoms with van der Waals surface area (Å²) in [5.74, 6) is -1.12. The van der Waals surface area contributed by atoms with Gasteiger partial charge in [0.15, 0.2) is 0 Å². The topological polar surface area (TPSA) is 64.6 Å². The molecule has 21 heavy (non-hydrogen) atoms. The lowest BCUT2D eigenvalue weighted by atomic mass is 10.2. The summed E-state index contributed by atoms with van der Waals surface area (Å²) in [5.41, 5.74) is -0.876. The zero-order chi connectivity index (χ0) is 16.7. The van der Waals surface area contributed by atoms with Crippen molar-refractivity contribution < 1.29 is 32.2 Å². The summed E-state index contributed by atoms with van der Waals surface area (Å²) in [5, 5.41) is 1.90. The number of hydrogen-bond donors (Lipinski definition) is 1. The molecule has 0 aliphatic rings. The number of unbranched alkanes of at least 4 members (excludes halogenated alkanes) is 1. The highest BCUT2D eigenvalue weighted by molar-refractivity contribution is 5.81. The predicted molar refractivity (Wildman–Crippen MR) is 69.7 cm³/mol. The standard InChI is InChI=1S/C13H22F3NO4/c1-5-6-7-20-10(18)9(8-13(14,15)16)17-11(19)21-12(2,3)4/h9H,5-8H2,1-4H3,(H,17,19). The minimum Gasteiger partial charge on any atom is -0.464 e. The molecule has 0 radical (unpaired) electrons. The third-order valence-electron chi connectivity index (χ3n) is 2.15. The highest BCUT2D eigenvalue weighted by atomic mass is 19.4. The highest BCUT2D eigenvalue weighted by Crippen LogP contribution is 2.22. The Kier molecular flexibility index (Phi) is 7.52. The normalized spacial score (nSPS) is 13.5. The van der Waals surface area contributed by atoms with Crippen molar-refractivity contribution in [3.8, 4) is 0 Å². The number of carbonyl (C=O) groups is 2. The molecule has 0 saturated carbocycles. The van der Waals surface area contributed by atoms with Crippen LogP contribution in [0.1, 0.15) is 47.0 Å². The summed E-state index contributed by atoms with van der Waals surface area (Å²) in [4.78, 5) is 23.1. The maximum absolute atomic E-state index is 12.4. The molecule has 0 aromatic heterocycles. The maximum atomic E-state index is 12.4. The van der Waals surface area contributed by atoms with Crippen LogP contribution in [0.4, 0.5) is 18.0 Å². The van der Waals surface area contributed by atoms with E-state index in [9.17, 15) is 22.8 Å². The van der Waals surface area contributed by atoms with Crippen molar-refractivity contribution in [1.29, 1.82) is 0 Å². The highest BCUT2D eigenvalue weighted by Gasteiger charge is 2.37. The largest absolute Gasteiger partial charge is 0.464 e. The van der Waals surface area contributed by atoms with Crippen molar-refractivity contribution in [2.24, 2.45) is 0 Å². The number of nitrogens with one attached hydrogen (secondary N) is 1. The molecule has 8 heteroatoms. The molecule has 1 amide bonds. The Balaban J connectivity index is 4.66. The number of halogens is 3. The van der Waals surface area contributed by atoms with Crippen molar-refractivity contribution >= 4 is 12.1 Å². The van der Waals surface area contributed by atoms with Crippen molar-refractivity contribution in [2.75, 3.05) is 6.61 Å². The number of amides is 1. The number of alkyl carbamates (subject to hydrolysis) is 1. The van der Waals surface area contributed by atoms with E-state index in [0.717, 1.165) is 6.42 Å². The lowest BCUT2D eigenvalue weighted by molar-refractivity contribution is -0.162. The maximum Gasteiger partial charge on any atom is 0.408 e. The second kappa shape index (κ2) is 8.09. The summed E-state index contributed by atoms with van der Waals surface area (Å²) >= 11 is 0. The zero-order valence-electron chi connectivity index (χ0n) is 12.7. The van der Waals surface area contributed by atoms with Gasteiger partial charge in [-0.1, -0.05) is 13.3 Å². The fourth-order valence-electron chi connectivity index (χ4n) is 1.29. The summed E-state index contributed by atoms with van der Waals surface area (Å²) in [7, 11) is 0.